The number of hydrogen-bond acceptors (Lipinski definition) is 4. The molecular formula is C12H16N2O3S. The number of thiazole rings is 1. The largest absolute Gasteiger partial charge is 0.480 e. The minimum atomic E-state index is -0.891. The van der Waals surface area contributed by atoms with Crippen molar-refractivity contribution in [3.05, 3.63) is 16.6 Å². The van der Waals surface area contributed by atoms with Crippen molar-refractivity contribution in [2.24, 2.45) is 0 Å². The van der Waals surface area contributed by atoms with Gasteiger partial charge in [0.2, 0.25) is 5.91 Å². The van der Waals surface area contributed by atoms with E-state index in [0.29, 0.717) is 25.8 Å². The highest BCUT2D eigenvalue weighted by atomic mass is 32.1. The molecule has 1 aliphatic heterocycles. The third-order valence-corrected chi connectivity index (χ3v) is 3.98. The lowest BCUT2D eigenvalue weighted by Gasteiger charge is -2.33. The monoisotopic (exact) mass is 268 g/mol. The van der Waals surface area contributed by atoms with Crippen LogP contribution in [-0.4, -0.2) is 39.5 Å². The third kappa shape index (κ3) is 3.07. The number of amides is 1. The van der Waals surface area contributed by atoms with Gasteiger partial charge in [0.1, 0.15) is 6.04 Å². The Bertz CT molecular complexity index is 419. The van der Waals surface area contributed by atoms with E-state index in [2.05, 4.69) is 4.98 Å². The summed E-state index contributed by atoms with van der Waals surface area (Å²) >= 11 is 1.52. The minimum absolute atomic E-state index is 0.0719. The van der Waals surface area contributed by atoms with Crippen LogP contribution in [0.2, 0.25) is 0 Å². The number of carbonyl (C=O) groups is 2. The van der Waals surface area contributed by atoms with Crippen LogP contribution in [0, 0.1) is 0 Å². The number of carboxylic acids is 1. The van der Waals surface area contributed by atoms with Gasteiger partial charge in [0.15, 0.2) is 0 Å². The van der Waals surface area contributed by atoms with Gasteiger partial charge in [-0.05, 0) is 19.3 Å². The number of aromatic nitrogens is 1. The molecule has 0 bridgehead atoms. The number of piperidine rings is 1. The molecule has 5 nitrogen and oxygen atoms in total. The number of hydrogen-bond donors (Lipinski definition) is 1. The van der Waals surface area contributed by atoms with Gasteiger partial charge in [-0.2, -0.15) is 0 Å². The topological polar surface area (TPSA) is 70.5 Å². The number of nitrogens with zero attached hydrogens (tertiary/aromatic N) is 2. The van der Waals surface area contributed by atoms with Gasteiger partial charge in [-0.25, -0.2) is 9.78 Å². The van der Waals surface area contributed by atoms with Gasteiger partial charge in [-0.1, -0.05) is 0 Å². The number of carbonyl (C=O) groups excluding carboxylic acids is 1. The highest BCUT2D eigenvalue weighted by Crippen LogP contribution is 2.19. The van der Waals surface area contributed by atoms with Gasteiger partial charge >= 0.3 is 5.97 Å². The van der Waals surface area contributed by atoms with Gasteiger partial charge in [0.25, 0.3) is 0 Å². The van der Waals surface area contributed by atoms with Crippen molar-refractivity contribution in [3.63, 3.8) is 0 Å². The Morgan fingerprint density at radius 1 is 1.50 bits per heavy atom. The lowest BCUT2D eigenvalue weighted by atomic mass is 10.0. The van der Waals surface area contributed by atoms with E-state index in [9.17, 15) is 9.59 Å². The van der Waals surface area contributed by atoms with Crippen molar-refractivity contribution in [1.82, 2.24) is 9.88 Å². The first-order chi connectivity index (χ1) is 8.68. The molecule has 1 unspecified atom stereocenters. The quantitative estimate of drug-likeness (QED) is 0.899. The van der Waals surface area contributed by atoms with Gasteiger partial charge in [0, 0.05) is 31.0 Å². The van der Waals surface area contributed by atoms with Crippen molar-refractivity contribution in [3.8, 4) is 0 Å². The smallest absolute Gasteiger partial charge is 0.326 e. The van der Waals surface area contributed by atoms with E-state index in [-0.39, 0.29) is 5.91 Å². The average molecular weight is 268 g/mol. The normalized spacial score (nSPS) is 19.8. The fourth-order valence-corrected chi connectivity index (χ4v) is 2.84. The molecule has 2 heterocycles. The van der Waals surface area contributed by atoms with E-state index in [1.165, 1.54) is 16.2 Å². The van der Waals surface area contributed by atoms with Gasteiger partial charge in [-0.3, -0.25) is 4.79 Å². The second-order valence-corrected chi connectivity index (χ2v) is 5.34. The molecule has 1 fully saturated rings. The first kappa shape index (κ1) is 13.0. The molecule has 1 aliphatic rings. The Labute approximate surface area is 109 Å². The van der Waals surface area contributed by atoms with Crippen molar-refractivity contribution < 1.29 is 14.7 Å². The van der Waals surface area contributed by atoms with Gasteiger partial charge in [0.05, 0.1) is 5.01 Å². The molecule has 1 N–H and O–H groups in total. The van der Waals surface area contributed by atoms with E-state index >= 15 is 0 Å². The summed E-state index contributed by atoms with van der Waals surface area (Å²) in [6.07, 6.45) is 5.00. The number of rotatable bonds is 4. The summed E-state index contributed by atoms with van der Waals surface area (Å²) in [7, 11) is 0. The maximum absolute atomic E-state index is 12.0. The zero-order valence-electron chi connectivity index (χ0n) is 10.0. The van der Waals surface area contributed by atoms with Crippen LogP contribution in [0.5, 0.6) is 0 Å². The summed E-state index contributed by atoms with van der Waals surface area (Å²) in [4.78, 5) is 28.8. The van der Waals surface area contributed by atoms with E-state index in [0.717, 1.165) is 17.8 Å². The maximum Gasteiger partial charge on any atom is 0.326 e. The lowest BCUT2D eigenvalue weighted by molar-refractivity contribution is -0.152. The second-order valence-electron chi connectivity index (χ2n) is 4.36. The summed E-state index contributed by atoms with van der Waals surface area (Å²) in [6, 6.07) is -0.637. The Kier molecular flexibility index (Phi) is 4.30. The molecule has 1 aromatic rings. The Balaban J connectivity index is 1.92. The summed E-state index contributed by atoms with van der Waals surface area (Å²) in [5.74, 6) is -0.963. The minimum Gasteiger partial charge on any atom is -0.480 e. The number of carboxylic acid groups (broad SMARTS) is 1. The van der Waals surface area contributed by atoms with Gasteiger partial charge < -0.3 is 10.0 Å². The summed E-state index contributed by atoms with van der Waals surface area (Å²) in [5.41, 5.74) is 0. The van der Waals surface area contributed by atoms with Crippen molar-refractivity contribution in [2.45, 2.75) is 38.1 Å². The van der Waals surface area contributed by atoms with Crippen LogP contribution in [0.25, 0.3) is 0 Å². The molecule has 0 aromatic carbocycles. The van der Waals surface area contributed by atoms with E-state index < -0.39 is 12.0 Å². The highest BCUT2D eigenvalue weighted by molar-refractivity contribution is 7.09. The molecule has 0 spiro atoms. The van der Waals surface area contributed by atoms with Crippen LogP contribution in [0.1, 0.15) is 30.7 Å². The molecule has 1 aromatic heterocycles. The fraction of sp³-hybridized carbons (Fsp3) is 0.583. The number of likely N-dealkylation sites (tertiary alicyclic amines) is 1. The standard InChI is InChI=1S/C12H16N2O3S/c15-11(5-4-10-13-6-8-18-10)14-7-2-1-3-9(14)12(16)17/h6,8-9H,1-5,7H2,(H,16,17). The molecule has 1 saturated heterocycles. The highest BCUT2D eigenvalue weighted by Gasteiger charge is 2.31. The summed E-state index contributed by atoms with van der Waals surface area (Å²) < 4.78 is 0. The van der Waals surface area contributed by atoms with Crippen molar-refractivity contribution in [1.29, 1.82) is 0 Å². The average Bonchev–Trinajstić information content (AvgIpc) is 2.89. The predicted octanol–water partition coefficient (Wildman–Crippen LogP) is 1.54. The first-order valence-electron chi connectivity index (χ1n) is 6.09. The van der Waals surface area contributed by atoms with Crippen LogP contribution < -0.4 is 0 Å². The number of aryl methyl sites for hydroxylation is 1. The molecule has 6 heteroatoms. The van der Waals surface area contributed by atoms with E-state index in [4.69, 9.17) is 5.11 Å². The van der Waals surface area contributed by atoms with Crippen LogP contribution in [0.3, 0.4) is 0 Å². The predicted molar refractivity (Wildman–Crippen MR) is 67.4 cm³/mol. The molecule has 98 valence electrons. The van der Waals surface area contributed by atoms with Crippen LogP contribution in [-0.2, 0) is 16.0 Å². The van der Waals surface area contributed by atoms with E-state index in [1.807, 2.05) is 5.38 Å². The van der Waals surface area contributed by atoms with Crippen LogP contribution in [0.15, 0.2) is 11.6 Å². The first-order valence-corrected chi connectivity index (χ1v) is 6.97. The Hall–Kier alpha value is -1.43. The molecule has 1 atom stereocenters. The molecule has 1 amide bonds. The zero-order chi connectivity index (χ0) is 13.0. The molecule has 0 radical (unpaired) electrons. The third-order valence-electron chi connectivity index (χ3n) is 3.14. The summed E-state index contributed by atoms with van der Waals surface area (Å²) in [6.45, 7) is 0.563. The molecule has 0 saturated carbocycles. The fourth-order valence-electron chi connectivity index (χ4n) is 2.22. The molecule has 2 rings (SSSR count). The second kappa shape index (κ2) is 5.95. The maximum atomic E-state index is 12.0. The molecular weight excluding hydrogens is 252 g/mol. The summed E-state index contributed by atoms with van der Waals surface area (Å²) in [5, 5.41) is 11.9. The zero-order valence-corrected chi connectivity index (χ0v) is 10.9. The van der Waals surface area contributed by atoms with Crippen molar-refractivity contribution >= 4 is 23.2 Å². The SMILES string of the molecule is O=C(O)C1CCCCN1C(=O)CCc1nccs1. The van der Waals surface area contributed by atoms with Gasteiger partial charge in [-0.15, -0.1) is 11.3 Å². The van der Waals surface area contributed by atoms with E-state index in [1.54, 1.807) is 6.20 Å². The Morgan fingerprint density at radius 3 is 3.00 bits per heavy atom. The van der Waals surface area contributed by atoms with Crippen LogP contribution >= 0.6 is 11.3 Å². The molecule has 0 aliphatic carbocycles. The van der Waals surface area contributed by atoms with Crippen LogP contribution in [0.4, 0.5) is 0 Å². The lowest BCUT2D eigenvalue weighted by Crippen LogP contribution is -2.48. The molecule has 18 heavy (non-hydrogen) atoms. The Morgan fingerprint density at radius 2 is 2.33 bits per heavy atom. The number of aliphatic carboxylic acids is 1. The van der Waals surface area contributed by atoms with Crippen molar-refractivity contribution in [2.75, 3.05) is 6.54 Å².